The molecular weight excluding hydrogens is 505 g/mol. The zero-order valence-electron chi connectivity index (χ0n) is 16.7. The molecule has 1 aromatic rings. The highest BCUT2D eigenvalue weighted by atomic mass is 127. The molecule has 2 aliphatic rings. The van der Waals surface area contributed by atoms with Crippen molar-refractivity contribution in [3.05, 3.63) is 30.3 Å². The maximum absolute atomic E-state index is 12.5. The summed E-state index contributed by atoms with van der Waals surface area (Å²) >= 11 is 0. The van der Waals surface area contributed by atoms with Gasteiger partial charge in [-0.2, -0.15) is 0 Å². The Morgan fingerprint density at radius 2 is 1.86 bits per heavy atom. The van der Waals surface area contributed by atoms with Crippen molar-refractivity contribution in [2.24, 2.45) is 4.99 Å². The molecule has 3 rings (SSSR count). The van der Waals surface area contributed by atoms with Gasteiger partial charge in [-0.15, -0.1) is 24.0 Å². The van der Waals surface area contributed by atoms with Crippen molar-refractivity contribution in [3.63, 3.8) is 0 Å². The average Bonchev–Trinajstić information content (AvgIpc) is 3.05. The summed E-state index contributed by atoms with van der Waals surface area (Å²) < 4.78 is 23.2. The zero-order chi connectivity index (χ0) is 20.0. The molecule has 1 amide bonds. The molecule has 2 aliphatic heterocycles. The van der Waals surface area contributed by atoms with Crippen LogP contribution < -0.4 is 15.5 Å². The van der Waals surface area contributed by atoms with Crippen molar-refractivity contribution in [3.8, 4) is 0 Å². The fourth-order valence-electron chi connectivity index (χ4n) is 3.52. The second-order valence-electron chi connectivity index (χ2n) is 7.14. The Morgan fingerprint density at radius 3 is 2.45 bits per heavy atom. The van der Waals surface area contributed by atoms with Crippen molar-refractivity contribution in [1.82, 2.24) is 15.5 Å². The molecule has 0 saturated carbocycles. The Balaban J connectivity index is 0.00000300. The van der Waals surface area contributed by atoms with E-state index in [1.165, 1.54) is 5.69 Å². The molecule has 0 aliphatic carbocycles. The number of anilines is 1. The maximum atomic E-state index is 12.5. The Kier molecular flexibility index (Phi) is 9.00. The number of hydrogen-bond donors (Lipinski definition) is 2. The number of aliphatic imine (C=N–C) groups is 1. The predicted molar refractivity (Wildman–Crippen MR) is 127 cm³/mol. The first kappa shape index (κ1) is 23.7. The molecule has 0 radical (unpaired) electrons. The SMILES string of the molecule is CCNC(=NCC(=O)N1CCN(c2ccccc2)CC1)NC1CCS(=O)(=O)C1.I. The van der Waals surface area contributed by atoms with Crippen LogP contribution in [-0.4, -0.2) is 82.0 Å². The van der Waals surface area contributed by atoms with Crippen molar-refractivity contribution in [2.75, 3.05) is 55.7 Å². The molecule has 2 fully saturated rings. The largest absolute Gasteiger partial charge is 0.368 e. The first-order valence-corrected chi connectivity index (χ1v) is 11.6. The van der Waals surface area contributed by atoms with Gasteiger partial charge in [-0.3, -0.25) is 4.79 Å². The third kappa shape index (κ3) is 7.02. The number of guanidine groups is 1. The third-order valence-electron chi connectivity index (χ3n) is 5.04. The van der Waals surface area contributed by atoms with Crippen molar-refractivity contribution in [1.29, 1.82) is 0 Å². The maximum Gasteiger partial charge on any atom is 0.244 e. The van der Waals surface area contributed by atoms with Crippen LogP contribution in [0.2, 0.25) is 0 Å². The van der Waals surface area contributed by atoms with E-state index < -0.39 is 9.84 Å². The standard InChI is InChI=1S/C19H29N5O3S.HI/c1-2-20-19(22-16-8-13-28(26,27)15-16)21-14-18(25)24-11-9-23(10-12-24)17-6-4-3-5-7-17;/h3-7,16H,2,8-15H2,1H3,(H2,20,21,22);1H. The van der Waals surface area contributed by atoms with Gasteiger partial charge in [0.25, 0.3) is 0 Å². The number of carbonyl (C=O) groups excluding carboxylic acids is 1. The first-order chi connectivity index (χ1) is 13.5. The minimum absolute atomic E-state index is 0. The van der Waals surface area contributed by atoms with Crippen LogP contribution in [0.5, 0.6) is 0 Å². The van der Waals surface area contributed by atoms with Gasteiger partial charge in [0.2, 0.25) is 5.91 Å². The number of piperazine rings is 1. The molecule has 2 N–H and O–H groups in total. The van der Waals surface area contributed by atoms with Crippen molar-refractivity contribution >= 4 is 51.4 Å². The van der Waals surface area contributed by atoms with E-state index in [-0.39, 0.29) is 54.0 Å². The number of nitrogens with one attached hydrogen (secondary N) is 2. The molecule has 162 valence electrons. The molecule has 2 heterocycles. The summed E-state index contributed by atoms with van der Waals surface area (Å²) in [6, 6.07) is 10.1. The van der Waals surface area contributed by atoms with E-state index in [0.717, 1.165) is 13.1 Å². The van der Waals surface area contributed by atoms with Gasteiger partial charge in [0.1, 0.15) is 6.54 Å². The number of benzene rings is 1. The van der Waals surface area contributed by atoms with E-state index in [1.807, 2.05) is 30.0 Å². The quantitative estimate of drug-likeness (QED) is 0.328. The van der Waals surface area contributed by atoms with Crippen molar-refractivity contribution < 1.29 is 13.2 Å². The summed E-state index contributed by atoms with van der Waals surface area (Å²) in [5.74, 6) is 0.812. The molecule has 0 bridgehead atoms. The lowest BCUT2D eigenvalue weighted by Crippen LogP contribution is -2.50. The van der Waals surface area contributed by atoms with Crippen LogP contribution in [0.3, 0.4) is 0 Å². The second kappa shape index (κ2) is 11.0. The monoisotopic (exact) mass is 535 g/mol. The number of carbonyl (C=O) groups is 1. The Morgan fingerprint density at radius 1 is 1.17 bits per heavy atom. The third-order valence-corrected chi connectivity index (χ3v) is 6.81. The fraction of sp³-hybridized carbons (Fsp3) is 0.579. The van der Waals surface area contributed by atoms with Crippen LogP contribution >= 0.6 is 24.0 Å². The number of rotatable bonds is 5. The van der Waals surface area contributed by atoms with E-state index in [2.05, 4.69) is 32.7 Å². The highest BCUT2D eigenvalue weighted by Crippen LogP contribution is 2.15. The summed E-state index contributed by atoms with van der Waals surface area (Å²) in [7, 11) is -2.96. The van der Waals surface area contributed by atoms with Gasteiger partial charge in [0.05, 0.1) is 11.5 Å². The van der Waals surface area contributed by atoms with E-state index in [9.17, 15) is 13.2 Å². The van der Waals surface area contributed by atoms with Crippen molar-refractivity contribution in [2.45, 2.75) is 19.4 Å². The normalized spacial score (nSPS) is 21.4. The molecule has 1 aromatic carbocycles. The summed E-state index contributed by atoms with van der Waals surface area (Å²) in [4.78, 5) is 21.0. The minimum Gasteiger partial charge on any atom is -0.368 e. The highest BCUT2D eigenvalue weighted by Gasteiger charge is 2.28. The second-order valence-corrected chi connectivity index (χ2v) is 9.37. The Labute approximate surface area is 190 Å². The lowest BCUT2D eigenvalue weighted by atomic mass is 10.2. The number of halogens is 1. The molecule has 1 unspecified atom stereocenters. The summed E-state index contributed by atoms with van der Waals surface area (Å²) in [5.41, 5.74) is 1.18. The lowest BCUT2D eigenvalue weighted by Gasteiger charge is -2.36. The van der Waals surface area contributed by atoms with Crippen LogP contribution in [-0.2, 0) is 14.6 Å². The zero-order valence-corrected chi connectivity index (χ0v) is 19.9. The van der Waals surface area contributed by atoms with Crippen LogP contribution in [0, 0.1) is 0 Å². The summed E-state index contributed by atoms with van der Waals surface area (Å²) in [6.45, 7) is 5.60. The molecular formula is C19H30IN5O3S. The molecule has 1 atom stereocenters. The molecule has 8 nitrogen and oxygen atoms in total. The smallest absolute Gasteiger partial charge is 0.244 e. The lowest BCUT2D eigenvalue weighted by molar-refractivity contribution is -0.129. The number of para-hydroxylation sites is 1. The van der Waals surface area contributed by atoms with Crippen LogP contribution in [0.1, 0.15) is 13.3 Å². The Hall–Kier alpha value is -1.56. The topological polar surface area (TPSA) is 94.1 Å². The molecule has 0 spiro atoms. The summed E-state index contributed by atoms with van der Waals surface area (Å²) in [5, 5.41) is 6.23. The molecule has 10 heteroatoms. The van der Waals surface area contributed by atoms with Crippen LogP contribution in [0.4, 0.5) is 5.69 Å². The van der Waals surface area contributed by atoms with Gasteiger partial charge in [0, 0.05) is 44.5 Å². The van der Waals surface area contributed by atoms with Crippen LogP contribution in [0.15, 0.2) is 35.3 Å². The van der Waals surface area contributed by atoms with Gasteiger partial charge in [-0.25, -0.2) is 13.4 Å². The van der Waals surface area contributed by atoms with Gasteiger partial charge in [-0.05, 0) is 25.5 Å². The number of sulfone groups is 1. The molecule has 29 heavy (non-hydrogen) atoms. The van der Waals surface area contributed by atoms with Crippen LogP contribution in [0.25, 0.3) is 0 Å². The average molecular weight is 535 g/mol. The van der Waals surface area contributed by atoms with Gasteiger partial charge >= 0.3 is 0 Å². The van der Waals surface area contributed by atoms with E-state index in [1.54, 1.807) is 0 Å². The Bertz CT molecular complexity index is 795. The first-order valence-electron chi connectivity index (χ1n) is 9.80. The number of nitrogens with zero attached hydrogens (tertiary/aromatic N) is 3. The minimum atomic E-state index is -2.96. The van der Waals surface area contributed by atoms with E-state index in [0.29, 0.717) is 32.0 Å². The summed E-state index contributed by atoms with van der Waals surface area (Å²) in [6.07, 6.45) is 0.572. The fourth-order valence-corrected chi connectivity index (χ4v) is 5.20. The van der Waals surface area contributed by atoms with E-state index >= 15 is 0 Å². The number of hydrogen-bond acceptors (Lipinski definition) is 5. The van der Waals surface area contributed by atoms with Gasteiger partial charge in [0.15, 0.2) is 15.8 Å². The predicted octanol–water partition coefficient (Wildman–Crippen LogP) is 0.695. The number of amides is 1. The van der Waals surface area contributed by atoms with Gasteiger partial charge < -0.3 is 20.4 Å². The highest BCUT2D eigenvalue weighted by molar-refractivity contribution is 14.0. The molecule has 0 aromatic heterocycles. The van der Waals surface area contributed by atoms with E-state index in [4.69, 9.17) is 0 Å². The molecule has 2 saturated heterocycles. The van der Waals surface area contributed by atoms with Gasteiger partial charge in [-0.1, -0.05) is 18.2 Å².